The molecule has 8 nitrogen and oxygen atoms in total. The van der Waals surface area contributed by atoms with Crippen molar-refractivity contribution in [2.75, 3.05) is 30.2 Å². The largest absolute Gasteiger partial charge is 0.497 e. The van der Waals surface area contributed by atoms with Crippen LogP contribution in [-0.4, -0.2) is 75.7 Å². The molecule has 0 unspecified atom stereocenters. The van der Waals surface area contributed by atoms with Crippen molar-refractivity contribution in [3.8, 4) is 5.75 Å². The summed E-state index contributed by atoms with van der Waals surface area (Å²) in [5.74, 6) is 2.52. The van der Waals surface area contributed by atoms with Crippen LogP contribution in [0.15, 0.2) is 24.3 Å². The number of carbonyl (C=O) groups excluding carboxylic acids is 3. The van der Waals surface area contributed by atoms with Gasteiger partial charge in [-0.25, -0.2) is 0 Å². The number of ether oxygens (including phenoxy) is 1. The third-order valence-electron chi connectivity index (χ3n) is 6.59. The van der Waals surface area contributed by atoms with Gasteiger partial charge < -0.3 is 25.4 Å². The lowest BCUT2D eigenvalue weighted by atomic mass is 9.91. The second-order valence-corrected chi connectivity index (χ2v) is 12.1. The van der Waals surface area contributed by atoms with Crippen LogP contribution in [-0.2, 0) is 20.9 Å². The number of methoxy groups -OCH3 is 1. The SMILES string of the molecule is COc1ccc(CNC(=O)[C@H](CSCC2CCCCC2)NC(=O)[C@@H]2CSCN2C(=O)C(C)(C)O)cc1. The van der Waals surface area contributed by atoms with Crippen molar-refractivity contribution < 1.29 is 24.2 Å². The first kappa shape index (κ1) is 28.7. The van der Waals surface area contributed by atoms with Crippen LogP contribution in [0, 0.1) is 5.92 Å². The zero-order valence-electron chi connectivity index (χ0n) is 21.5. The number of rotatable bonds is 11. The molecule has 0 spiro atoms. The molecule has 200 valence electrons. The summed E-state index contributed by atoms with van der Waals surface area (Å²) < 4.78 is 5.18. The van der Waals surface area contributed by atoms with Gasteiger partial charge in [-0.15, -0.1) is 11.8 Å². The Kier molecular flexibility index (Phi) is 10.8. The molecule has 0 bridgehead atoms. The van der Waals surface area contributed by atoms with E-state index in [1.807, 2.05) is 24.3 Å². The summed E-state index contributed by atoms with van der Waals surface area (Å²) in [5.41, 5.74) is -0.632. The Labute approximate surface area is 222 Å². The van der Waals surface area contributed by atoms with E-state index in [9.17, 15) is 19.5 Å². The zero-order chi connectivity index (χ0) is 26.1. The van der Waals surface area contributed by atoms with Crippen LogP contribution in [0.5, 0.6) is 5.75 Å². The number of hydrogen-bond acceptors (Lipinski definition) is 7. The van der Waals surface area contributed by atoms with E-state index in [1.54, 1.807) is 18.9 Å². The zero-order valence-corrected chi connectivity index (χ0v) is 23.1. The molecule has 36 heavy (non-hydrogen) atoms. The van der Waals surface area contributed by atoms with Gasteiger partial charge in [0.2, 0.25) is 11.8 Å². The van der Waals surface area contributed by atoms with Gasteiger partial charge in [0.15, 0.2) is 0 Å². The summed E-state index contributed by atoms with van der Waals surface area (Å²) >= 11 is 3.16. The molecule has 1 aliphatic carbocycles. The maximum absolute atomic E-state index is 13.2. The molecule has 3 rings (SSSR count). The van der Waals surface area contributed by atoms with Crippen LogP contribution < -0.4 is 15.4 Å². The Hall–Kier alpha value is -1.91. The maximum atomic E-state index is 13.2. The standard InChI is InChI=1S/C26H39N3O5S2/c1-26(2,33)25(32)29-17-36-16-22(29)24(31)28-21(15-35-14-19-7-5-4-6-8-19)23(30)27-13-18-9-11-20(34-3)12-10-18/h9-12,19,21-22,33H,4-8,13-17H2,1-3H3,(H,27,30)(H,28,31)/t21-,22-/m0/s1. The Morgan fingerprint density at radius 1 is 1.19 bits per heavy atom. The lowest BCUT2D eigenvalue weighted by Gasteiger charge is -2.29. The van der Waals surface area contributed by atoms with Crippen molar-refractivity contribution in [3.05, 3.63) is 29.8 Å². The first-order valence-corrected chi connectivity index (χ1v) is 14.9. The van der Waals surface area contributed by atoms with E-state index in [2.05, 4.69) is 10.6 Å². The van der Waals surface area contributed by atoms with Crippen molar-refractivity contribution in [1.29, 1.82) is 0 Å². The highest BCUT2D eigenvalue weighted by molar-refractivity contribution is 7.99. The van der Waals surface area contributed by atoms with E-state index in [-0.39, 0.29) is 11.8 Å². The molecule has 1 heterocycles. The molecular formula is C26H39N3O5S2. The molecule has 1 aromatic rings. The van der Waals surface area contributed by atoms with Gasteiger partial charge in [-0.05, 0) is 56.1 Å². The van der Waals surface area contributed by atoms with Gasteiger partial charge >= 0.3 is 0 Å². The van der Waals surface area contributed by atoms with E-state index in [4.69, 9.17) is 4.74 Å². The second kappa shape index (κ2) is 13.6. The van der Waals surface area contributed by atoms with Gasteiger partial charge in [0.05, 0.1) is 13.0 Å². The number of amides is 3. The summed E-state index contributed by atoms with van der Waals surface area (Å²) in [7, 11) is 1.61. The highest BCUT2D eigenvalue weighted by Crippen LogP contribution is 2.27. The Balaban J connectivity index is 1.62. The minimum Gasteiger partial charge on any atom is -0.497 e. The van der Waals surface area contributed by atoms with Crippen molar-refractivity contribution in [2.45, 2.75) is 70.2 Å². The maximum Gasteiger partial charge on any atom is 0.255 e. The highest BCUT2D eigenvalue weighted by Gasteiger charge is 2.41. The van der Waals surface area contributed by atoms with E-state index < -0.39 is 23.6 Å². The van der Waals surface area contributed by atoms with Gasteiger partial charge in [-0.1, -0.05) is 31.4 Å². The van der Waals surface area contributed by atoms with Gasteiger partial charge in [-0.3, -0.25) is 14.4 Å². The summed E-state index contributed by atoms with van der Waals surface area (Å²) in [6.07, 6.45) is 6.27. The first-order valence-electron chi connectivity index (χ1n) is 12.6. The van der Waals surface area contributed by atoms with Gasteiger partial charge in [0, 0.05) is 18.1 Å². The average molecular weight is 538 g/mol. The van der Waals surface area contributed by atoms with Crippen molar-refractivity contribution in [2.24, 2.45) is 5.92 Å². The smallest absolute Gasteiger partial charge is 0.255 e. The molecule has 1 saturated heterocycles. The summed E-state index contributed by atoms with van der Waals surface area (Å²) in [4.78, 5) is 40.4. The molecule has 1 aromatic carbocycles. The molecule has 3 amide bonds. The predicted molar refractivity (Wildman–Crippen MR) is 145 cm³/mol. The van der Waals surface area contributed by atoms with Gasteiger partial charge in [-0.2, -0.15) is 11.8 Å². The number of aliphatic hydroxyl groups is 1. The quantitative estimate of drug-likeness (QED) is 0.398. The molecule has 2 aliphatic rings. The van der Waals surface area contributed by atoms with Gasteiger partial charge in [0.25, 0.3) is 5.91 Å². The summed E-state index contributed by atoms with van der Waals surface area (Å²) in [6.45, 7) is 3.18. The highest BCUT2D eigenvalue weighted by atomic mass is 32.2. The first-order chi connectivity index (χ1) is 17.2. The number of hydrogen-bond donors (Lipinski definition) is 3. The average Bonchev–Trinajstić information content (AvgIpc) is 3.36. The van der Waals surface area contributed by atoms with Gasteiger partial charge in [0.1, 0.15) is 23.4 Å². The van der Waals surface area contributed by atoms with Crippen LogP contribution in [0.2, 0.25) is 0 Å². The lowest BCUT2D eigenvalue weighted by molar-refractivity contribution is -0.151. The Morgan fingerprint density at radius 2 is 1.89 bits per heavy atom. The molecule has 0 aromatic heterocycles. The lowest BCUT2D eigenvalue weighted by Crippen LogP contribution is -2.57. The van der Waals surface area contributed by atoms with E-state index in [0.29, 0.717) is 29.8 Å². The molecule has 3 N–H and O–H groups in total. The minimum atomic E-state index is -1.56. The minimum absolute atomic E-state index is 0.249. The molecular weight excluding hydrogens is 498 g/mol. The number of benzene rings is 1. The molecule has 10 heteroatoms. The Morgan fingerprint density at radius 3 is 2.53 bits per heavy atom. The molecule has 2 atom stereocenters. The fourth-order valence-corrected chi connectivity index (χ4v) is 6.85. The van der Waals surface area contributed by atoms with E-state index >= 15 is 0 Å². The molecule has 0 radical (unpaired) electrons. The topological polar surface area (TPSA) is 108 Å². The van der Waals surface area contributed by atoms with Crippen molar-refractivity contribution >= 4 is 41.2 Å². The van der Waals surface area contributed by atoms with Crippen LogP contribution >= 0.6 is 23.5 Å². The van der Waals surface area contributed by atoms with Crippen LogP contribution in [0.4, 0.5) is 0 Å². The van der Waals surface area contributed by atoms with Crippen LogP contribution in [0.1, 0.15) is 51.5 Å². The van der Waals surface area contributed by atoms with Crippen molar-refractivity contribution in [3.63, 3.8) is 0 Å². The molecule has 2 fully saturated rings. The number of nitrogens with zero attached hydrogens (tertiary/aromatic N) is 1. The second-order valence-electron chi connectivity index (χ2n) is 10.0. The number of thioether (sulfide) groups is 2. The van der Waals surface area contributed by atoms with E-state index in [0.717, 1.165) is 17.1 Å². The van der Waals surface area contributed by atoms with Crippen LogP contribution in [0.25, 0.3) is 0 Å². The fourth-order valence-electron chi connectivity index (χ4n) is 4.42. The fraction of sp³-hybridized carbons (Fsp3) is 0.654. The van der Waals surface area contributed by atoms with Crippen LogP contribution in [0.3, 0.4) is 0 Å². The third-order valence-corrected chi connectivity index (χ3v) is 8.88. The van der Waals surface area contributed by atoms with E-state index in [1.165, 1.54) is 62.6 Å². The normalized spacial score (nSPS) is 19.6. The third kappa shape index (κ3) is 8.31. The number of carbonyl (C=O) groups is 3. The van der Waals surface area contributed by atoms with Crippen molar-refractivity contribution in [1.82, 2.24) is 15.5 Å². The molecule has 1 saturated carbocycles. The monoisotopic (exact) mass is 537 g/mol. The summed E-state index contributed by atoms with van der Waals surface area (Å²) in [5, 5.41) is 16.0. The summed E-state index contributed by atoms with van der Waals surface area (Å²) in [6, 6.07) is 6.03. The number of nitrogens with one attached hydrogen (secondary N) is 2. The molecule has 1 aliphatic heterocycles. The Bertz CT molecular complexity index is 885. The predicted octanol–water partition coefficient (Wildman–Crippen LogP) is 2.78.